The maximum absolute atomic E-state index is 4.68. The average molecular weight is 529 g/mol. The molecule has 3 rings (SSSR count). The summed E-state index contributed by atoms with van der Waals surface area (Å²) in [5, 5.41) is 6.89. The van der Waals surface area contributed by atoms with Crippen LogP contribution < -0.4 is 10.6 Å². The summed E-state index contributed by atoms with van der Waals surface area (Å²) in [5.41, 5.74) is 2.59. The lowest BCUT2D eigenvalue weighted by atomic mass is 9.64. The van der Waals surface area contributed by atoms with Gasteiger partial charge in [-0.25, -0.2) is 4.99 Å². The summed E-state index contributed by atoms with van der Waals surface area (Å²) >= 11 is 3.60. The SMILES string of the molecule is CCNC(=NCc1ccccn1)NCC1(c2cccc(Br)c2)CCC1.I. The van der Waals surface area contributed by atoms with Crippen LogP contribution in [0.15, 0.2) is 58.1 Å². The first-order valence-electron chi connectivity index (χ1n) is 8.90. The predicted octanol–water partition coefficient (Wildman–Crippen LogP) is 4.64. The minimum Gasteiger partial charge on any atom is -0.357 e. The molecule has 4 nitrogen and oxygen atoms in total. The fourth-order valence-corrected chi connectivity index (χ4v) is 3.64. The van der Waals surface area contributed by atoms with E-state index in [-0.39, 0.29) is 29.4 Å². The van der Waals surface area contributed by atoms with Gasteiger partial charge in [-0.05, 0) is 49.6 Å². The van der Waals surface area contributed by atoms with Gasteiger partial charge in [0, 0.05) is 29.2 Å². The fourth-order valence-electron chi connectivity index (χ4n) is 3.24. The van der Waals surface area contributed by atoms with Crippen molar-refractivity contribution in [3.05, 3.63) is 64.4 Å². The maximum Gasteiger partial charge on any atom is 0.191 e. The second-order valence-corrected chi connectivity index (χ2v) is 7.43. The first-order valence-corrected chi connectivity index (χ1v) is 9.69. The van der Waals surface area contributed by atoms with Crippen LogP contribution in [-0.2, 0) is 12.0 Å². The van der Waals surface area contributed by atoms with Gasteiger partial charge in [0.2, 0.25) is 0 Å². The number of hydrogen-bond donors (Lipinski definition) is 2. The van der Waals surface area contributed by atoms with Crippen molar-refractivity contribution < 1.29 is 0 Å². The molecular formula is C20H26BrIN4. The monoisotopic (exact) mass is 528 g/mol. The zero-order valence-electron chi connectivity index (χ0n) is 15.0. The number of nitrogens with one attached hydrogen (secondary N) is 2. The number of pyridine rings is 1. The molecule has 6 heteroatoms. The molecule has 140 valence electrons. The molecule has 0 radical (unpaired) electrons. The van der Waals surface area contributed by atoms with Crippen LogP contribution >= 0.6 is 39.9 Å². The molecule has 0 unspecified atom stereocenters. The number of guanidine groups is 1. The van der Waals surface area contributed by atoms with Crippen molar-refractivity contribution in [3.8, 4) is 0 Å². The Kier molecular flexibility index (Phi) is 8.34. The minimum absolute atomic E-state index is 0. The van der Waals surface area contributed by atoms with Crippen LogP contribution in [0, 0.1) is 0 Å². The highest BCUT2D eigenvalue weighted by Crippen LogP contribution is 2.43. The summed E-state index contributed by atoms with van der Waals surface area (Å²) in [6.45, 7) is 4.42. The Morgan fingerprint density at radius 2 is 2.04 bits per heavy atom. The van der Waals surface area contributed by atoms with Crippen LogP contribution in [0.25, 0.3) is 0 Å². The van der Waals surface area contributed by atoms with Crippen molar-refractivity contribution in [1.82, 2.24) is 15.6 Å². The van der Waals surface area contributed by atoms with Gasteiger partial charge in [0.25, 0.3) is 0 Å². The number of aliphatic imine (C=N–C) groups is 1. The highest BCUT2D eigenvalue weighted by atomic mass is 127. The summed E-state index contributed by atoms with van der Waals surface area (Å²) in [6.07, 6.45) is 5.53. The Labute approximate surface area is 181 Å². The van der Waals surface area contributed by atoms with Crippen molar-refractivity contribution >= 4 is 45.9 Å². The molecule has 0 bridgehead atoms. The molecule has 0 amide bonds. The molecule has 2 N–H and O–H groups in total. The first kappa shape index (κ1) is 21.2. The molecule has 1 heterocycles. The van der Waals surface area contributed by atoms with Crippen molar-refractivity contribution in [2.45, 2.75) is 38.1 Å². The Bertz CT molecular complexity index is 717. The molecule has 1 aromatic heterocycles. The molecule has 1 saturated carbocycles. The molecule has 0 atom stereocenters. The summed E-state index contributed by atoms with van der Waals surface area (Å²) in [6, 6.07) is 14.6. The molecule has 26 heavy (non-hydrogen) atoms. The van der Waals surface area contributed by atoms with E-state index in [9.17, 15) is 0 Å². The van der Waals surface area contributed by atoms with Gasteiger partial charge in [0.05, 0.1) is 12.2 Å². The Morgan fingerprint density at radius 3 is 2.65 bits per heavy atom. The first-order chi connectivity index (χ1) is 12.2. The van der Waals surface area contributed by atoms with Crippen LogP contribution in [0.1, 0.15) is 37.4 Å². The van der Waals surface area contributed by atoms with Crippen LogP contribution in [-0.4, -0.2) is 24.0 Å². The number of benzene rings is 1. The fraction of sp³-hybridized carbons (Fsp3) is 0.400. The summed E-state index contributed by atoms with van der Waals surface area (Å²) in [5.74, 6) is 0.856. The van der Waals surface area contributed by atoms with Gasteiger partial charge in [-0.1, -0.05) is 40.5 Å². The van der Waals surface area contributed by atoms with Gasteiger partial charge in [0.1, 0.15) is 0 Å². The van der Waals surface area contributed by atoms with E-state index in [1.165, 1.54) is 24.8 Å². The van der Waals surface area contributed by atoms with E-state index in [4.69, 9.17) is 0 Å². The number of halogens is 2. The molecule has 2 aromatic rings. The Balaban J connectivity index is 0.00000243. The highest BCUT2D eigenvalue weighted by molar-refractivity contribution is 14.0. The number of nitrogens with zero attached hydrogens (tertiary/aromatic N) is 2. The summed E-state index contributed by atoms with van der Waals surface area (Å²) in [4.78, 5) is 9.02. The summed E-state index contributed by atoms with van der Waals surface area (Å²) in [7, 11) is 0. The van der Waals surface area contributed by atoms with Crippen molar-refractivity contribution in [3.63, 3.8) is 0 Å². The Morgan fingerprint density at radius 1 is 1.19 bits per heavy atom. The minimum atomic E-state index is 0. The largest absolute Gasteiger partial charge is 0.357 e. The molecule has 1 aliphatic rings. The number of aromatic nitrogens is 1. The molecular weight excluding hydrogens is 503 g/mol. The number of hydrogen-bond acceptors (Lipinski definition) is 2. The van der Waals surface area contributed by atoms with Gasteiger partial charge in [-0.3, -0.25) is 4.98 Å². The smallest absolute Gasteiger partial charge is 0.191 e. The van der Waals surface area contributed by atoms with Crippen LogP contribution in [0.3, 0.4) is 0 Å². The third-order valence-corrected chi connectivity index (χ3v) is 5.30. The molecule has 1 aliphatic carbocycles. The summed E-state index contributed by atoms with van der Waals surface area (Å²) < 4.78 is 1.15. The third-order valence-electron chi connectivity index (χ3n) is 4.81. The van der Waals surface area contributed by atoms with E-state index in [0.717, 1.165) is 29.2 Å². The predicted molar refractivity (Wildman–Crippen MR) is 122 cm³/mol. The third kappa shape index (κ3) is 5.42. The van der Waals surface area contributed by atoms with Crippen molar-refractivity contribution in [1.29, 1.82) is 0 Å². The number of rotatable bonds is 6. The van der Waals surface area contributed by atoms with Gasteiger partial charge >= 0.3 is 0 Å². The molecule has 0 saturated heterocycles. The zero-order chi connectivity index (χ0) is 17.5. The lowest BCUT2D eigenvalue weighted by Crippen LogP contribution is -2.48. The topological polar surface area (TPSA) is 49.3 Å². The second kappa shape index (κ2) is 10.3. The average Bonchev–Trinajstić information content (AvgIpc) is 2.59. The van der Waals surface area contributed by atoms with Crippen molar-refractivity contribution in [2.24, 2.45) is 4.99 Å². The highest BCUT2D eigenvalue weighted by Gasteiger charge is 2.38. The normalized spacial score (nSPS) is 15.5. The van der Waals surface area contributed by atoms with E-state index in [0.29, 0.717) is 6.54 Å². The maximum atomic E-state index is 4.68. The van der Waals surface area contributed by atoms with Gasteiger partial charge < -0.3 is 10.6 Å². The standard InChI is InChI=1S/C20H25BrN4.HI/c1-2-22-19(24-14-18-9-3-4-12-23-18)25-15-20(10-6-11-20)16-7-5-8-17(21)13-16;/h3-5,7-9,12-13H,2,6,10-11,14-15H2,1H3,(H2,22,24,25);1H. The molecule has 1 aromatic carbocycles. The van der Waals surface area contributed by atoms with Gasteiger partial charge in [0.15, 0.2) is 5.96 Å². The van der Waals surface area contributed by atoms with E-state index in [1.807, 2.05) is 24.4 Å². The molecule has 1 fully saturated rings. The van der Waals surface area contributed by atoms with Crippen molar-refractivity contribution in [2.75, 3.05) is 13.1 Å². The quantitative estimate of drug-likeness (QED) is 0.326. The molecule has 0 aliphatic heterocycles. The van der Waals surface area contributed by atoms with Crippen LogP contribution in [0.4, 0.5) is 0 Å². The van der Waals surface area contributed by atoms with Crippen LogP contribution in [0.5, 0.6) is 0 Å². The van der Waals surface area contributed by atoms with E-state index in [1.54, 1.807) is 0 Å². The van der Waals surface area contributed by atoms with E-state index in [2.05, 4.69) is 67.7 Å². The lowest BCUT2D eigenvalue weighted by Gasteiger charge is -2.43. The van der Waals surface area contributed by atoms with E-state index < -0.39 is 0 Å². The molecule has 0 spiro atoms. The Hall–Kier alpha value is -1.15. The lowest BCUT2D eigenvalue weighted by molar-refractivity contribution is 0.243. The second-order valence-electron chi connectivity index (χ2n) is 6.51. The van der Waals surface area contributed by atoms with Gasteiger partial charge in [-0.2, -0.15) is 0 Å². The van der Waals surface area contributed by atoms with Gasteiger partial charge in [-0.15, -0.1) is 24.0 Å². The van der Waals surface area contributed by atoms with Crippen LogP contribution in [0.2, 0.25) is 0 Å². The zero-order valence-corrected chi connectivity index (χ0v) is 19.0. The van der Waals surface area contributed by atoms with E-state index >= 15 is 0 Å².